The number of halogens is 1. The molecule has 5 nitrogen and oxygen atoms in total. The van der Waals surface area contributed by atoms with Crippen molar-refractivity contribution in [1.29, 1.82) is 5.26 Å². The van der Waals surface area contributed by atoms with Crippen LogP contribution in [0.15, 0.2) is 29.7 Å². The molecule has 7 heteroatoms. The summed E-state index contributed by atoms with van der Waals surface area (Å²) in [5.74, 6) is -0.633. The van der Waals surface area contributed by atoms with Gasteiger partial charge >= 0.3 is 0 Å². The van der Waals surface area contributed by atoms with Crippen LogP contribution in [0.1, 0.15) is 5.56 Å². The maximum atomic E-state index is 13.4. The van der Waals surface area contributed by atoms with Crippen molar-refractivity contribution in [3.63, 3.8) is 0 Å². The van der Waals surface area contributed by atoms with Crippen LogP contribution in [0.3, 0.4) is 0 Å². The van der Waals surface area contributed by atoms with Crippen LogP contribution in [-0.4, -0.2) is 25.2 Å². The Balaban J connectivity index is 2.70. The van der Waals surface area contributed by atoms with Gasteiger partial charge < -0.3 is 0 Å². The molecule has 0 N–H and O–H groups in total. The molecule has 86 valence electrons. The lowest BCUT2D eigenvalue weighted by Crippen LogP contribution is -2.04. The van der Waals surface area contributed by atoms with Gasteiger partial charge in [-0.15, -0.1) is 10.2 Å². The minimum absolute atomic E-state index is 0.126. The molecule has 1 unspecified atom stereocenters. The van der Waals surface area contributed by atoms with Crippen LogP contribution in [0.2, 0.25) is 0 Å². The number of nitriles is 1. The van der Waals surface area contributed by atoms with E-state index in [4.69, 9.17) is 5.26 Å². The van der Waals surface area contributed by atoms with Crippen LogP contribution in [0.25, 0.3) is 5.69 Å². The van der Waals surface area contributed by atoms with E-state index < -0.39 is 16.6 Å². The highest BCUT2D eigenvalue weighted by Crippen LogP contribution is 2.18. The van der Waals surface area contributed by atoms with Crippen molar-refractivity contribution in [3.05, 3.63) is 35.9 Å². The second-order valence-corrected chi connectivity index (χ2v) is 4.46. The fourth-order valence-corrected chi connectivity index (χ4v) is 1.99. The highest BCUT2D eigenvalue weighted by molar-refractivity contribution is 7.84. The molecule has 0 saturated heterocycles. The Hall–Kier alpha value is -2.07. The molecule has 0 saturated carbocycles. The predicted molar refractivity (Wildman–Crippen MR) is 58.4 cm³/mol. The Morgan fingerprint density at radius 1 is 1.53 bits per heavy atom. The second kappa shape index (κ2) is 4.43. The molecule has 1 aromatic heterocycles. The lowest BCUT2D eigenvalue weighted by Gasteiger charge is -2.06. The van der Waals surface area contributed by atoms with Crippen molar-refractivity contribution in [2.75, 3.05) is 6.26 Å². The molecule has 1 aromatic carbocycles. The number of nitrogens with zero attached hydrogens (tertiary/aromatic N) is 4. The topological polar surface area (TPSA) is 71.6 Å². The van der Waals surface area contributed by atoms with Crippen molar-refractivity contribution in [3.8, 4) is 11.8 Å². The molecule has 0 aliphatic carbocycles. The van der Waals surface area contributed by atoms with Crippen LogP contribution in [0, 0.1) is 17.1 Å². The minimum atomic E-state index is -1.37. The van der Waals surface area contributed by atoms with Gasteiger partial charge in [-0.1, -0.05) is 6.07 Å². The first-order valence-electron chi connectivity index (χ1n) is 4.57. The average molecular weight is 250 g/mol. The van der Waals surface area contributed by atoms with E-state index in [1.165, 1.54) is 29.3 Å². The molecule has 2 rings (SSSR count). The van der Waals surface area contributed by atoms with Crippen LogP contribution < -0.4 is 0 Å². The summed E-state index contributed by atoms with van der Waals surface area (Å²) in [4.78, 5) is 0. The van der Waals surface area contributed by atoms with Crippen LogP contribution >= 0.6 is 0 Å². The molecule has 17 heavy (non-hydrogen) atoms. The zero-order valence-corrected chi connectivity index (χ0v) is 9.61. The molecule has 0 aliphatic rings. The van der Waals surface area contributed by atoms with Gasteiger partial charge in [-0.3, -0.25) is 8.78 Å². The van der Waals surface area contributed by atoms with Gasteiger partial charge in [-0.2, -0.15) is 5.26 Å². The average Bonchev–Trinajstić information content (AvgIpc) is 2.77. The Bertz CT molecular complexity index is 631. The van der Waals surface area contributed by atoms with Gasteiger partial charge in [-0.25, -0.2) is 4.39 Å². The Morgan fingerprint density at radius 3 is 2.94 bits per heavy atom. The second-order valence-electron chi connectivity index (χ2n) is 3.18. The lowest BCUT2D eigenvalue weighted by molar-refractivity contribution is 0.621. The molecular weight excluding hydrogens is 243 g/mol. The summed E-state index contributed by atoms with van der Waals surface area (Å²) in [6.07, 6.45) is 2.73. The van der Waals surface area contributed by atoms with Crippen molar-refractivity contribution in [1.82, 2.24) is 14.8 Å². The standard InChI is InChI=1S/C10H7FN4OS/c1-17(16)10-14-13-6-15(10)9-4-2-3-8(11)7(9)5-12/h2-4,6H,1H3. The molecule has 1 atom stereocenters. The summed E-state index contributed by atoms with van der Waals surface area (Å²) in [6, 6.07) is 5.97. The number of aromatic nitrogens is 3. The van der Waals surface area contributed by atoms with E-state index in [0.29, 0.717) is 0 Å². The highest BCUT2D eigenvalue weighted by atomic mass is 32.2. The van der Waals surface area contributed by atoms with Gasteiger partial charge in [0.2, 0.25) is 5.16 Å². The van der Waals surface area contributed by atoms with Crippen LogP contribution in [-0.2, 0) is 10.8 Å². The summed E-state index contributed by atoms with van der Waals surface area (Å²) in [5, 5.41) is 16.4. The number of benzene rings is 1. The van der Waals surface area contributed by atoms with Crippen molar-refractivity contribution < 1.29 is 8.60 Å². The fourth-order valence-electron chi connectivity index (χ4n) is 1.41. The van der Waals surface area contributed by atoms with E-state index in [9.17, 15) is 8.60 Å². The maximum Gasteiger partial charge on any atom is 0.225 e. The number of rotatable bonds is 2. The quantitative estimate of drug-likeness (QED) is 0.797. The fraction of sp³-hybridized carbons (Fsp3) is 0.100. The van der Waals surface area contributed by atoms with E-state index in [2.05, 4.69) is 10.2 Å². The van der Waals surface area contributed by atoms with Crippen molar-refractivity contribution in [2.45, 2.75) is 5.16 Å². The smallest absolute Gasteiger partial charge is 0.225 e. The van der Waals surface area contributed by atoms with Gasteiger partial charge in [0, 0.05) is 6.26 Å². The third-order valence-corrected chi connectivity index (χ3v) is 2.93. The third-order valence-electron chi connectivity index (χ3n) is 2.14. The Kier molecular flexibility index (Phi) is 2.97. The Labute approximate surface area is 99.0 Å². The zero-order chi connectivity index (χ0) is 12.4. The first-order chi connectivity index (χ1) is 8.15. The van der Waals surface area contributed by atoms with E-state index in [-0.39, 0.29) is 16.4 Å². The molecule has 0 amide bonds. The van der Waals surface area contributed by atoms with Crippen LogP contribution in [0.4, 0.5) is 4.39 Å². The summed E-state index contributed by atoms with van der Waals surface area (Å²) >= 11 is 0. The predicted octanol–water partition coefficient (Wildman–Crippen LogP) is 1.02. The molecule has 0 radical (unpaired) electrons. The molecule has 0 bridgehead atoms. The summed E-state index contributed by atoms with van der Waals surface area (Å²) in [7, 11) is -1.37. The normalized spacial score (nSPS) is 12.1. The van der Waals surface area contributed by atoms with E-state index in [1.54, 1.807) is 12.1 Å². The lowest BCUT2D eigenvalue weighted by atomic mass is 10.2. The summed E-state index contributed by atoms with van der Waals surface area (Å²) in [6.45, 7) is 0. The maximum absolute atomic E-state index is 13.4. The zero-order valence-electron chi connectivity index (χ0n) is 8.79. The first-order valence-corrected chi connectivity index (χ1v) is 6.13. The van der Waals surface area contributed by atoms with E-state index in [0.717, 1.165) is 0 Å². The van der Waals surface area contributed by atoms with Gasteiger partial charge in [0.15, 0.2) is 0 Å². The summed E-state index contributed by atoms with van der Waals surface area (Å²) < 4.78 is 26.2. The van der Waals surface area contributed by atoms with E-state index in [1.807, 2.05) is 0 Å². The number of hydrogen-bond donors (Lipinski definition) is 0. The molecule has 0 aliphatic heterocycles. The molecular formula is C10H7FN4OS. The Morgan fingerprint density at radius 2 is 2.29 bits per heavy atom. The monoisotopic (exact) mass is 250 g/mol. The SMILES string of the molecule is CS(=O)c1nncn1-c1cccc(F)c1C#N. The van der Waals surface area contributed by atoms with Crippen molar-refractivity contribution >= 4 is 10.8 Å². The third kappa shape index (κ3) is 1.94. The minimum Gasteiger partial charge on any atom is -0.273 e. The van der Waals surface area contributed by atoms with Gasteiger partial charge in [-0.05, 0) is 12.1 Å². The van der Waals surface area contributed by atoms with Gasteiger partial charge in [0.25, 0.3) is 0 Å². The first kappa shape index (κ1) is 11.4. The molecule has 1 heterocycles. The van der Waals surface area contributed by atoms with Gasteiger partial charge in [0.05, 0.1) is 16.5 Å². The van der Waals surface area contributed by atoms with Crippen LogP contribution in [0.5, 0.6) is 0 Å². The highest BCUT2D eigenvalue weighted by Gasteiger charge is 2.15. The van der Waals surface area contributed by atoms with Gasteiger partial charge in [0.1, 0.15) is 23.8 Å². The molecule has 2 aromatic rings. The molecule has 0 spiro atoms. The summed E-state index contributed by atoms with van der Waals surface area (Å²) in [5.41, 5.74) is 0.154. The van der Waals surface area contributed by atoms with E-state index >= 15 is 0 Å². The number of hydrogen-bond acceptors (Lipinski definition) is 4. The van der Waals surface area contributed by atoms with Crippen molar-refractivity contribution in [2.24, 2.45) is 0 Å². The largest absolute Gasteiger partial charge is 0.273 e. The molecule has 0 fully saturated rings.